The number of fused-ring (bicyclic) bond motifs is 1. The third kappa shape index (κ3) is 5.11. The van der Waals surface area contributed by atoms with E-state index in [1.54, 1.807) is 27.5 Å². The van der Waals surface area contributed by atoms with Crippen molar-refractivity contribution in [1.82, 2.24) is 24.6 Å². The van der Waals surface area contributed by atoms with Gasteiger partial charge in [-0.3, -0.25) is 19.7 Å². The second-order valence-electron chi connectivity index (χ2n) is 9.72. The number of amides is 2. The van der Waals surface area contributed by atoms with Crippen LogP contribution in [-0.4, -0.2) is 31.1 Å². The van der Waals surface area contributed by atoms with E-state index in [2.05, 4.69) is 26.1 Å². The molecule has 0 saturated carbocycles. The topological polar surface area (TPSA) is 105 Å². The number of carbonyl (C=O) groups is 2. The number of aromatic nitrogens is 4. The summed E-state index contributed by atoms with van der Waals surface area (Å²) in [6, 6.07) is 19.1. The third-order valence-electron chi connectivity index (χ3n) is 6.96. The Labute approximate surface area is 226 Å². The fourth-order valence-electron chi connectivity index (χ4n) is 4.62. The van der Waals surface area contributed by atoms with Crippen LogP contribution in [-0.2, 0) is 0 Å². The van der Waals surface area contributed by atoms with Gasteiger partial charge in [0.25, 0.3) is 11.8 Å². The highest BCUT2D eigenvalue weighted by Crippen LogP contribution is 2.28. The van der Waals surface area contributed by atoms with E-state index in [1.165, 1.54) is 6.33 Å². The molecule has 0 saturated heterocycles. The minimum Gasteiger partial charge on any atom is -0.345 e. The lowest BCUT2D eigenvalue weighted by Crippen LogP contribution is -2.26. The van der Waals surface area contributed by atoms with Crippen LogP contribution in [0.25, 0.3) is 5.52 Å². The summed E-state index contributed by atoms with van der Waals surface area (Å²) in [6.07, 6.45) is 3.15. The largest absolute Gasteiger partial charge is 0.345 e. The average Bonchev–Trinajstić information content (AvgIpc) is 3.44. The first-order valence-corrected chi connectivity index (χ1v) is 12.8. The molecule has 0 fully saturated rings. The molecule has 9 nitrogen and oxygen atoms in total. The molecule has 0 unspecified atom stereocenters. The number of hydrogen-bond acceptors (Lipinski definition) is 5. The van der Waals surface area contributed by atoms with Crippen molar-refractivity contribution >= 4 is 28.8 Å². The molecule has 0 spiro atoms. The van der Waals surface area contributed by atoms with Gasteiger partial charge >= 0.3 is 0 Å². The Morgan fingerprint density at radius 1 is 0.897 bits per heavy atom. The predicted molar refractivity (Wildman–Crippen MR) is 152 cm³/mol. The summed E-state index contributed by atoms with van der Waals surface area (Å²) in [6.45, 7) is 9.66. The fraction of sp³-hybridized carbons (Fsp3) is 0.200. The SMILES string of the molecule is Cc1ccc(C(=O)Nn2c(C)ccc2C)cc1Nc1ncnn2cc(C(=O)N[C@@H](C)c3ccccc3)c(C)c12. The van der Waals surface area contributed by atoms with Gasteiger partial charge in [0.2, 0.25) is 0 Å². The summed E-state index contributed by atoms with van der Waals surface area (Å²) in [5.41, 5.74) is 9.97. The Hall–Kier alpha value is -4.92. The number of aryl methyl sites for hydroxylation is 4. The lowest BCUT2D eigenvalue weighted by Gasteiger charge is -2.14. The zero-order valence-electron chi connectivity index (χ0n) is 22.6. The summed E-state index contributed by atoms with van der Waals surface area (Å²) in [5, 5.41) is 10.8. The molecule has 0 bridgehead atoms. The van der Waals surface area contributed by atoms with Gasteiger partial charge in [0.1, 0.15) is 11.8 Å². The molecular weight excluding hydrogens is 490 g/mol. The van der Waals surface area contributed by atoms with E-state index in [0.717, 1.165) is 33.8 Å². The number of nitrogens with one attached hydrogen (secondary N) is 3. The standard InChI is InChI=1S/C30H31N7O2/c1-18-11-14-24(29(38)35-37-19(2)12-13-20(37)3)15-26(18)34-28-27-21(4)25(16-36(27)32-17-31-28)30(39)33-22(5)23-9-7-6-8-10-23/h6-17,22H,1-5H3,(H,33,39)(H,35,38)(H,31,32,34)/t22-/m0/s1. The summed E-state index contributed by atoms with van der Waals surface area (Å²) in [7, 11) is 0. The van der Waals surface area contributed by atoms with E-state index in [9.17, 15) is 9.59 Å². The summed E-state index contributed by atoms with van der Waals surface area (Å²) in [5.74, 6) is 0.125. The molecule has 2 aromatic carbocycles. The maximum Gasteiger partial charge on any atom is 0.270 e. The predicted octanol–water partition coefficient (Wildman–Crippen LogP) is 5.38. The number of nitrogens with zero attached hydrogens (tertiary/aromatic N) is 4. The van der Waals surface area contributed by atoms with Crippen LogP contribution in [0.1, 0.15) is 61.8 Å². The second-order valence-corrected chi connectivity index (χ2v) is 9.72. The van der Waals surface area contributed by atoms with Crippen molar-refractivity contribution in [2.24, 2.45) is 0 Å². The highest BCUT2D eigenvalue weighted by molar-refractivity contribution is 6.01. The number of hydrogen-bond donors (Lipinski definition) is 3. The number of carbonyl (C=O) groups excluding carboxylic acids is 2. The minimum atomic E-state index is -0.223. The van der Waals surface area contributed by atoms with Gasteiger partial charge in [-0.1, -0.05) is 36.4 Å². The van der Waals surface area contributed by atoms with E-state index in [1.807, 2.05) is 83.1 Å². The quantitative estimate of drug-likeness (QED) is 0.267. The van der Waals surface area contributed by atoms with E-state index < -0.39 is 0 Å². The highest BCUT2D eigenvalue weighted by Gasteiger charge is 2.20. The van der Waals surface area contributed by atoms with E-state index in [4.69, 9.17) is 0 Å². The Morgan fingerprint density at radius 3 is 2.33 bits per heavy atom. The van der Waals surface area contributed by atoms with Gasteiger partial charge in [-0.2, -0.15) is 5.10 Å². The van der Waals surface area contributed by atoms with Gasteiger partial charge in [-0.15, -0.1) is 0 Å². The zero-order chi connectivity index (χ0) is 27.7. The molecule has 1 atom stereocenters. The molecule has 9 heteroatoms. The third-order valence-corrected chi connectivity index (χ3v) is 6.96. The monoisotopic (exact) mass is 521 g/mol. The van der Waals surface area contributed by atoms with Gasteiger partial charge < -0.3 is 10.6 Å². The molecule has 198 valence electrons. The molecule has 39 heavy (non-hydrogen) atoms. The number of anilines is 2. The average molecular weight is 522 g/mol. The molecule has 5 rings (SSSR count). The molecule has 0 aliphatic rings. The Morgan fingerprint density at radius 2 is 1.62 bits per heavy atom. The maximum absolute atomic E-state index is 13.2. The van der Waals surface area contributed by atoms with Crippen molar-refractivity contribution in [3.8, 4) is 0 Å². The van der Waals surface area contributed by atoms with E-state index in [-0.39, 0.29) is 17.9 Å². The van der Waals surface area contributed by atoms with Crippen LogP contribution in [0.4, 0.5) is 11.5 Å². The molecule has 3 aromatic heterocycles. The van der Waals surface area contributed by atoms with Gasteiger partial charge in [-0.05, 0) is 75.6 Å². The molecule has 0 radical (unpaired) electrons. The molecule has 3 N–H and O–H groups in total. The first kappa shape index (κ1) is 25.7. The Bertz CT molecular complexity index is 1670. The molecule has 0 aliphatic heterocycles. The highest BCUT2D eigenvalue weighted by atomic mass is 16.2. The van der Waals surface area contributed by atoms with Crippen molar-refractivity contribution < 1.29 is 9.59 Å². The molecule has 5 aromatic rings. The van der Waals surface area contributed by atoms with Gasteiger partial charge in [-0.25, -0.2) is 9.50 Å². The van der Waals surface area contributed by atoms with Gasteiger partial charge in [0.15, 0.2) is 5.82 Å². The zero-order valence-corrected chi connectivity index (χ0v) is 22.6. The van der Waals surface area contributed by atoms with Crippen molar-refractivity contribution in [2.45, 2.75) is 40.7 Å². The van der Waals surface area contributed by atoms with Crippen LogP contribution in [0.15, 0.2) is 73.2 Å². The lowest BCUT2D eigenvalue weighted by molar-refractivity contribution is 0.0938. The summed E-state index contributed by atoms with van der Waals surface area (Å²) >= 11 is 0. The molecule has 2 amide bonds. The van der Waals surface area contributed by atoms with Crippen LogP contribution < -0.4 is 16.1 Å². The normalized spacial score (nSPS) is 11.8. The maximum atomic E-state index is 13.2. The van der Waals surface area contributed by atoms with Crippen LogP contribution in [0.3, 0.4) is 0 Å². The van der Waals surface area contributed by atoms with Crippen LogP contribution in [0.2, 0.25) is 0 Å². The van der Waals surface area contributed by atoms with Crippen LogP contribution in [0.5, 0.6) is 0 Å². The first-order valence-electron chi connectivity index (χ1n) is 12.8. The van der Waals surface area contributed by atoms with Crippen molar-refractivity contribution in [1.29, 1.82) is 0 Å². The summed E-state index contributed by atoms with van der Waals surface area (Å²) < 4.78 is 3.41. The van der Waals surface area contributed by atoms with E-state index in [0.29, 0.717) is 22.5 Å². The van der Waals surface area contributed by atoms with Crippen LogP contribution >= 0.6 is 0 Å². The second kappa shape index (κ2) is 10.4. The van der Waals surface area contributed by atoms with E-state index >= 15 is 0 Å². The number of benzene rings is 2. The van der Waals surface area contributed by atoms with Gasteiger partial charge in [0.05, 0.1) is 11.6 Å². The Kier molecular flexibility index (Phi) is 6.89. The van der Waals surface area contributed by atoms with Crippen molar-refractivity contribution in [3.63, 3.8) is 0 Å². The van der Waals surface area contributed by atoms with Crippen LogP contribution in [0, 0.1) is 27.7 Å². The molecule has 0 aliphatic carbocycles. The Balaban J connectivity index is 1.41. The smallest absolute Gasteiger partial charge is 0.270 e. The fourth-order valence-corrected chi connectivity index (χ4v) is 4.62. The number of rotatable bonds is 7. The van der Waals surface area contributed by atoms with Crippen molar-refractivity contribution in [3.05, 3.63) is 112 Å². The first-order chi connectivity index (χ1) is 18.7. The molecule has 3 heterocycles. The molecular formula is C30H31N7O2. The summed E-state index contributed by atoms with van der Waals surface area (Å²) in [4.78, 5) is 30.7. The minimum absolute atomic E-state index is 0.152. The lowest BCUT2D eigenvalue weighted by atomic mass is 10.1. The van der Waals surface area contributed by atoms with Crippen molar-refractivity contribution in [2.75, 3.05) is 10.7 Å². The van der Waals surface area contributed by atoms with Gasteiger partial charge in [0, 0.05) is 28.8 Å².